The van der Waals surface area contributed by atoms with Gasteiger partial charge in [0.05, 0.1) is 16.6 Å². The summed E-state index contributed by atoms with van der Waals surface area (Å²) < 4.78 is 16.8. The third kappa shape index (κ3) is 3.81. The first-order valence-corrected chi connectivity index (χ1v) is 11.7. The fourth-order valence-electron chi connectivity index (χ4n) is 4.13. The highest BCUT2D eigenvalue weighted by atomic mass is 79.9. The SMILES string of the molecule is Cc1nc2sc([C@@H](c3ccc(Br)cc3)N3CCN(c4ccccc4F)CC3)c(O)n2n1. The van der Waals surface area contributed by atoms with Crippen molar-refractivity contribution in [1.29, 1.82) is 0 Å². The summed E-state index contributed by atoms with van der Waals surface area (Å²) >= 11 is 4.96. The van der Waals surface area contributed by atoms with E-state index in [1.54, 1.807) is 6.07 Å². The normalized spacial score (nSPS) is 16.2. The minimum absolute atomic E-state index is 0.130. The molecule has 0 saturated carbocycles. The smallest absolute Gasteiger partial charge is 0.230 e. The number of benzene rings is 2. The van der Waals surface area contributed by atoms with Crippen LogP contribution in [0.2, 0.25) is 0 Å². The summed E-state index contributed by atoms with van der Waals surface area (Å²) in [5.74, 6) is 0.566. The molecule has 0 bridgehead atoms. The molecule has 0 unspecified atom stereocenters. The fraction of sp³-hybridized carbons (Fsp3) is 0.273. The van der Waals surface area contributed by atoms with Gasteiger partial charge in [-0.25, -0.2) is 9.37 Å². The molecule has 0 radical (unpaired) electrons. The van der Waals surface area contributed by atoms with E-state index in [0.29, 0.717) is 29.6 Å². The maximum absolute atomic E-state index is 14.3. The second-order valence-electron chi connectivity index (χ2n) is 7.57. The van der Waals surface area contributed by atoms with Gasteiger partial charge < -0.3 is 10.0 Å². The lowest BCUT2D eigenvalue weighted by molar-refractivity contribution is 0.210. The van der Waals surface area contributed by atoms with Crippen LogP contribution >= 0.6 is 27.3 Å². The molecule has 4 aromatic rings. The first kappa shape index (κ1) is 20.4. The number of rotatable bonds is 4. The lowest BCUT2D eigenvalue weighted by Crippen LogP contribution is -2.48. The van der Waals surface area contributed by atoms with E-state index in [0.717, 1.165) is 28.0 Å². The predicted octanol–water partition coefficient (Wildman–Crippen LogP) is 4.62. The van der Waals surface area contributed by atoms with Gasteiger partial charge in [-0.3, -0.25) is 4.90 Å². The Balaban J connectivity index is 1.48. The van der Waals surface area contributed by atoms with Gasteiger partial charge in [-0.1, -0.05) is 51.5 Å². The highest BCUT2D eigenvalue weighted by molar-refractivity contribution is 9.10. The van der Waals surface area contributed by atoms with E-state index in [2.05, 4.69) is 47.9 Å². The first-order chi connectivity index (χ1) is 15.0. The molecule has 0 aliphatic carbocycles. The van der Waals surface area contributed by atoms with Gasteiger partial charge in [-0.15, -0.1) is 5.10 Å². The number of fused-ring (bicyclic) bond motifs is 1. The number of aromatic hydroxyl groups is 1. The topological polar surface area (TPSA) is 56.9 Å². The number of halogens is 2. The van der Waals surface area contributed by atoms with Crippen molar-refractivity contribution >= 4 is 37.9 Å². The standard InChI is InChI=1S/C22H21BrFN5OS/c1-14-25-22-29(26-14)21(30)20(31-22)19(15-6-8-16(23)9-7-15)28-12-10-27(11-13-28)18-5-3-2-4-17(18)24/h2-9,19,30H,10-13H2,1H3/t19-/m1/s1. The van der Waals surface area contributed by atoms with Crippen LogP contribution in [-0.2, 0) is 0 Å². The van der Waals surface area contributed by atoms with Crippen LogP contribution in [0.1, 0.15) is 22.3 Å². The number of para-hydroxylation sites is 1. The van der Waals surface area contributed by atoms with Gasteiger partial charge in [0.1, 0.15) is 11.6 Å². The third-order valence-corrected chi connectivity index (χ3v) is 7.21. The fourth-order valence-corrected chi connectivity index (χ4v) is 5.56. The van der Waals surface area contributed by atoms with Gasteiger partial charge in [0.25, 0.3) is 0 Å². The van der Waals surface area contributed by atoms with Gasteiger partial charge >= 0.3 is 0 Å². The maximum atomic E-state index is 14.3. The lowest BCUT2D eigenvalue weighted by atomic mass is 10.0. The molecule has 2 aromatic heterocycles. The Kier molecular flexibility index (Phi) is 5.41. The quantitative estimate of drug-likeness (QED) is 0.442. The van der Waals surface area contributed by atoms with Gasteiger partial charge in [-0.05, 0) is 36.8 Å². The van der Waals surface area contributed by atoms with E-state index >= 15 is 0 Å². The molecule has 160 valence electrons. The number of nitrogens with zero attached hydrogens (tertiary/aromatic N) is 5. The van der Waals surface area contributed by atoms with Crippen molar-refractivity contribution in [2.24, 2.45) is 0 Å². The molecule has 5 rings (SSSR count). The zero-order valence-electron chi connectivity index (χ0n) is 16.9. The minimum Gasteiger partial charge on any atom is -0.492 e. The first-order valence-electron chi connectivity index (χ1n) is 10.1. The summed E-state index contributed by atoms with van der Waals surface area (Å²) in [7, 11) is 0. The molecule has 9 heteroatoms. The van der Waals surface area contributed by atoms with E-state index in [1.165, 1.54) is 21.9 Å². The molecule has 0 amide bonds. The van der Waals surface area contributed by atoms with Gasteiger partial charge in [0.15, 0.2) is 0 Å². The molecule has 1 N–H and O–H groups in total. The number of piperazine rings is 1. The van der Waals surface area contributed by atoms with Gasteiger partial charge in [0.2, 0.25) is 10.8 Å². The van der Waals surface area contributed by atoms with Crippen molar-refractivity contribution in [2.75, 3.05) is 31.1 Å². The van der Waals surface area contributed by atoms with Crippen LogP contribution in [0.25, 0.3) is 4.96 Å². The second-order valence-corrected chi connectivity index (χ2v) is 9.50. The molecule has 2 aromatic carbocycles. The largest absolute Gasteiger partial charge is 0.492 e. The minimum atomic E-state index is -0.195. The summed E-state index contributed by atoms with van der Waals surface area (Å²) in [5.41, 5.74) is 1.72. The number of anilines is 1. The van der Waals surface area contributed by atoms with Crippen molar-refractivity contribution in [3.05, 3.63) is 75.1 Å². The summed E-state index contributed by atoms with van der Waals surface area (Å²) in [6.07, 6.45) is 0. The number of hydrogen-bond acceptors (Lipinski definition) is 6. The Morgan fingerprint density at radius 3 is 2.45 bits per heavy atom. The monoisotopic (exact) mass is 501 g/mol. The van der Waals surface area contributed by atoms with E-state index in [-0.39, 0.29) is 17.7 Å². The molecule has 1 aliphatic rings. The zero-order chi connectivity index (χ0) is 21.5. The highest BCUT2D eigenvalue weighted by Crippen LogP contribution is 2.40. The van der Waals surface area contributed by atoms with E-state index in [9.17, 15) is 9.50 Å². The van der Waals surface area contributed by atoms with Crippen molar-refractivity contribution in [1.82, 2.24) is 19.5 Å². The Morgan fingerprint density at radius 2 is 1.77 bits per heavy atom. The van der Waals surface area contributed by atoms with Crippen LogP contribution in [0.3, 0.4) is 0 Å². The Bertz CT molecular complexity index is 1220. The molecule has 3 heterocycles. The van der Waals surface area contributed by atoms with Crippen molar-refractivity contribution in [3.8, 4) is 5.88 Å². The molecule has 1 aliphatic heterocycles. The molecule has 0 spiro atoms. The van der Waals surface area contributed by atoms with Crippen molar-refractivity contribution in [2.45, 2.75) is 13.0 Å². The zero-order valence-corrected chi connectivity index (χ0v) is 19.3. The predicted molar refractivity (Wildman–Crippen MR) is 123 cm³/mol. The van der Waals surface area contributed by atoms with Crippen LogP contribution < -0.4 is 4.90 Å². The van der Waals surface area contributed by atoms with Crippen LogP contribution in [0.4, 0.5) is 10.1 Å². The molecule has 31 heavy (non-hydrogen) atoms. The maximum Gasteiger partial charge on any atom is 0.230 e. The highest BCUT2D eigenvalue weighted by Gasteiger charge is 2.32. The van der Waals surface area contributed by atoms with Gasteiger partial charge in [0, 0.05) is 30.7 Å². The van der Waals surface area contributed by atoms with Crippen molar-refractivity contribution < 1.29 is 9.50 Å². The van der Waals surface area contributed by atoms with Crippen LogP contribution in [0.15, 0.2) is 53.0 Å². The molecule has 1 saturated heterocycles. The van der Waals surface area contributed by atoms with E-state index in [4.69, 9.17) is 0 Å². The van der Waals surface area contributed by atoms with Crippen LogP contribution in [0, 0.1) is 12.7 Å². The van der Waals surface area contributed by atoms with Crippen LogP contribution in [-0.4, -0.2) is 50.8 Å². The number of aromatic nitrogens is 3. The second kappa shape index (κ2) is 8.22. The van der Waals surface area contributed by atoms with E-state index < -0.39 is 0 Å². The average molecular weight is 502 g/mol. The Labute approximate surface area is 191 Å². The molecule has 1 fully saturated rings. The summed E-state index contributed by atoms with van der Waals surface area (Å²) in [6.45, 7) is 4.69. The van der Waals surface area contributed by atoms with Crippen LogP contribution in [0.5, 0.6) is 5.88 Å². The summed E-state index contributed by atoms with van der Waals surface area (Å²) in [6, 6.07) is 14.9. The number of hydrogen-bond donors (Lipinski definition) is 1. The van der Waals surface area contributed by atoms with E-state index in [1.807, 2.05) is 31.2 Å². The summed E-state index contributed by atoms with van der Waals surface area (Å²) in [5, 5.41) is 15.3. The molecular weight excluding hydrogens is 481 g/mol. The summed E-state index contributed by atoms with van der Waals surface area (Å²) in [4.78, 5) is 10.3. The molecule has 1 atom stereocenters. The number of thiazole rings is 1. The molecular formula is C22H21BrFN5OS. The average Bonchev–Trinajstić information content (AvgIpc) is 3.28. The lowest BCUT2D eigenvalue weighted by Gasteiger charge is -2.40. The van der Waals surface area contributed by atoms with Crippen molar-refractivity contribution in [3.63, 3.8) is 0 Å². The third-order valence-electron chi connectivity index (χ3n) is 5.61. The molecule has 6 nitrogen and oxygen atoms in total. The number of aryl methyl sites for hydroxylation is 1. The Hall–Kier alpha value is -2.49. The van der Waals surface area contributed by atoms with Gasteiger partial charge in [-0.2, -0.15) is 4.52 Å². The Morgan fingerprint density at radius 1 is 1.06 bits per heavy atom.